The highest BCUT2D eigenvalue weighted by Gasteiger charge is 2.20. The molecule has 7 heteroatoms. The number of unbranched alkanes of at least 4 members (excludes halogenated alkanes) is 1. The molecule has 0 aliphatic carbocycles. The summed E-state index contributed by atoms with van der Waals surface area (Å²) in [5.41, 5.74) is 4.32. The van der Waals surface area contributed by atoms with Crippen molar-refractivity contribution in [1.29, 1.82) is 0 Å². The predicted octanol–water partition coefficient (Wildman–Crippen LogP) is 5.23. The Labute approximate surface area is 202 Å². The Hall–Kier alpha value is -2.44. The maximum absolute atomic E-state index is 11.6. The number of carbonyl (C=O) groups excluding carboxylic acids is 1. The van der Waals surface area contributed by atoms with E-state index in [1.165, 1.54) is 5.56 Å². The zero-order chi connectivity index (χ0) is 23.6. The molecule has 0 unspecified atom stereocenters. The van der Waals surface area contributed by atoms with Crippen molar-refractivity contribution in [2.45, 2.75) is 46.0 Å². The van der Waals surface area contributed by atoms with Gasteiger partial charge in [-0.15, -0.1) is 0 Å². The number of halogens is 1. The molecule has 2 aliphatic heterocycles. The van der Waals surface area contributed by atoms with Crippen LogP contribution in [0.3, 0.4) is 0 Å². The van der Waals surface area contributed by atoms with Crippen LogP contribution in [0.25, 0.3) is 0 Å². The second-order valence-electron chi connectivity index (χ2n) is 8.62. The van der Waals surface area contributed by atoms with Crippen molar-refractivity contribution < 1.29 is 14.6 Å². The first kappa shape index (κ1) is 25.2. The van der Waals surface area contributed by atoms with E-state index in [0.29, 0.717) is 19.4 Å². The number of piperazine rings is 1. The number of benzene rings is 1. The standard InChI is InChI=1S/C26H36ClN3O3/c1-20(21(2)27)25(7-3-5-17-31)30-15-13-29(14-16-30)12-4-6-18-33-23-10-8-22-9-11-26(32)28-24(22)19-23/h5,7-8,10,17,19,31H,3-4,6,9,11-16,18H2,1-2H3,(H,28,32)/b17-5+,21-20+,25-7?. The average molecular weight is 474 g/mol. The molecule has 1 fully saturated rings. The molecule has 33 heavy (non-hydrogen) atoms. The zero-order valence-corrected chi connectivity index (χ0v) is 20.5. The van der Waals surface area contributed by atoms with E-state index in [9.17, 15) is 4.79 Å². The van der Waals surface area contributed by atoms with Crippen LogP contribution in [-0.4, -0.2) is 60.1 Å². The molecular formula is C26H36ClN3O3. The molecule has 6 nitrogen and oxygen atoms in total. The Balaban J connectivity index is 1.38. The maximum atomic E-state index is 11.6. The number of anilines is 1. The third kappa shape index (κ3) is 7.54. The molecule has 0 spiro atoms. The molecule has 1 aromatic carbocycles. The summed E-state index contributed by atoms with van der Waals surface area (Å²) in [6.07, 6.45) is 9.08. The molecular weight excluding hydrogens is 438 g/mol. The smallest absolute Gasteiger partial charge is 0.224 e. The molecule has 0 bridgehead atoms. The first-order valence-corrected chi connectivity index (χ1v) is 12.2. The summed E-state index contributed by atoms with van der Waals surface area (Å²) < 4.78 is 5.91. The molecule has 0 radical (unpaired) electrons. The van der Waals surface area contributed by atoms with E-state index in [4.69, 9.17) is 21.4 Å². The van der Waals surface area contributed by atoms with Crippen molar-refractivity contribution in [3.63, 3.8) is 0 Å². The van der Waals surface area contributed by atoms with Crippen LogP contribution in [0.2, 0.25) is 0 Å². The molecule has 1 amide bonds. The topological polar surface area (TPSA) is 65.0 Å². The molecule has 180 valence electrons. The fourth-order valence-electron chi connectivity index (χ4n) is 4.22. The first-order valence-electron chi connectivity index (χ1n) is 11.8. The largest absolute Gasteiger partial charge is 0.516 e. The number of nitrogens with one attached hydrogen (secondary N) is 1. The van der Waals surface area contributed by atoms with Crippen molar-refractivity contribution in [1.82, 2.24) is 9.80 Å². The lowest BCUT2D eigenvalue weighted by molar-refractivity contribution is -0.116. The van der Waals surface area contributed by atoms with Gasteiger partial charge < -0.3 is 20.1 Å². The van der Waals surface area contributed by atoms with E-state index in [0.717, 1.165) is 86.0 Å². The molecule has 2 N–H and O–H groups in total. The number of aliphatic hydroxyl groups is 1. The number of fused-ring (bicyclic) bond motifs is 1. The lowest BCUT2D eigenvalue weighted by Gasteiger charge is -2.38. The van der Waals surface area contributed by atoms with Gasteiger partial charge in [0.1, 0.15) is 5.75 Å². The minimum Gasteiger partial charge on any atom is -0.516 e. The van der Waals surface area contributed by atoms with E-state index in [-0.39, 0.29) is 5.91 Å². The zero-order valence-electron chi connectivity index (χ0n) is 19.8. The number of ether oxygens (including phenoxy) is 1. The Morgan fingerprint density at radius 2 is 1.97 bits per heavy atom. The summed E-state index contributed by atoms with van der Waals surface area (Å²) in [7, 11) is 0. The minimum atomic E-state index is 0.0772. The molecule has 0 atom stereocenters. The van der Waals surface area contributed by atoms with E-state index >= 15 is 0 Å². The third-order valence-corrected chi connectivity index (χ3v) is 6.56. The first-order chi connectivity index (χ1) is 16.0. The van der Waals surface area contributed by atoms with Gasteiger partial charge in [0.15, 0.2) is 0 Å². The predicted molar refractivity (Wildman–Crippen MR) is 135 cm³/mol. The van der Waals surface area contributed by atoms with Crippen LogP contribution in [0.5, 0.6) is 5.75 Å². The van der Waals surface area contributed by atoms with Crippen LogP contribution in [0.15, 0.2) is 52.9 Å². The molecule has 2 heterocycles. The fraction of sp³-hybridized carbons (Fsp3) is 0.500. The number of nitrogens with zero attached hydrogens (tertiary/aromatic N) is 2. The van der Waals surface area contributed by atoms with Crippen LogP contribution in [0.4, 0.5) is 5.69 Å². The van der Waals surface area contributed by atoms with E-state index in [2.05, 4.69) is 34.2 Å². The van der Waals surface area contributed by atoms with E-state index < -0.39 is 0 Å². The molecule has 0 saturated carbocycles. The van der Waals surface area contributed by atoms with Crippen molar-refractivity contribution >= 4 is 23.2 Å². The Morgan fingerprint density at radius 1 is 1.18 bits per heavy atom. The number of amides is 1. The number of carbonyl (C=O) groups is 1. The van der Waals surface area contributed by atoms with Gasteiger partial charge in [0.05, 0.1) is 12.9 Å². The quantitative estimate of drug-likeness (QED) is 0.277. The number of aliphatic hydroxyl groups excluding tert-OH is 1. The Bertz CT molecular complexity index is 898. The minimum absolute atomic E-state index is 0.0772. The van der Waals surface area contributed by atoms with E-state index in [1.54, 1.807) is 6.08 Å². The highest BCUT2D eigenvalue weighted by molar-refractivity contribution is 6.29. The summed E-state index contributed by atoms with van der Waals surface area (Å²) >= 11 is 6.27. The van der Waals surface area contributed by atoms with Crippen molar-refractivity contribution in [2.24, 2.45) is 0 Å². The lowest BCUT2D eigenvalue weighted by atomic mass is 10.0. The van der Waals surface area contributed by atoms with Gasteiger partial charge in [-0.3, -0.25) is 9.69 Å². The highest BCUT2D eigenvalue weighted by Crippen LogP contribution is 2.27. The summed E-state index contributed by atoms with van der Waals surface area (Å²) in [5.74, 6) is 0.895. The van der Waals surface area contributed by atoms with Crippen molar-refractivity contribution in [3.05, 3.63) is 58.5 Å². The molecule has 0 aromatic heterocycles. The van der Waals surface area contributed by atoms with Gasteiger partial charge in [-0.1, -0.05) is 23.7 Å². The normalized spacial score (nSPS) is 18.2. The van der Waals surface area contributed by atoms with Crippen LogP contribution >= 0.6 is 11.6 Å². The second kappa shape index (κ2) is 12.7. The van der Waals surface area contributed by atoms with Crippen LogP contribution < -0.4 is 10.1 Å². The number of hydrogen-bond acceptors (Lipinski definition) is 5. The number of hydrogen-bond donors (Lipinski definition) is 2. The summed E-state index contributed by atoms with van der Waals surface area (Å²) in [6, 6.07) is 5.98. The number of aryl methyl sites for hydroxylation is 1. The monoisotopic (exact) mass is 473 g/mol. The fourth-order valence-corrected chi connectivity index (χ4v) is 4.31. The van der Waals surface area contributed by atoms with Crippen molar-refractivity contribution in [2.75, 3.05) is 44.6 Å². The van der Waals surface area contributed by atoms with Crippen molar-refractivity contribution in [3.8, 4) is 5.75 Å². The molecule has 2 aliphatic rings. The van der Waals surface area contributed by atoms with Crippen LogP contribution in [0.1, 0.15) is 45.1 Å². The SMILES string of the molecule is C/C(Cl)=C(/C)C(=CC/C=C/O)N1CCN(CCCCOc2ccc3c(c2)NC(=O)CC3)CC1. The Kier molecular flexibility index (Phi) is 9.70. The molecule has 1 saturated heterocycles. The maximum Gasteiger partial charge on any atom is 0.224 e. The molecule has 3 rings (SSSR count). The Morgan fingerprint density at radius 3 is 2.70 bits per heavy atom. The van der Waals surface area contributed by atoms with Gasteiger partial charge in [-0.2, -0.15) is 0 Å². The summed E-state index contributed by atoms with van der Waals surface area (Å²) in [4.78, 5) is 16.5. The molecule has 1 aromatic rings. The average Bonchev–Trinajstić information content (AvgIpc) is 2.81. The van der Waals surface area contributed by atoms with Gasteiger partial charge in [-0.25, -0.2) is 0 Å². The van der Waals surface area contributed by atoms with E-state index in [1.807, 2.05) is 19.1 Å². The van der Waals surface area contributed by atoms with Gasteiger partial charge in [0.25, 0.3) is 0 Å². The third-order valence-electron chi connectivity index (χ3n) is 6.28. The van der Waals surface area contributed by atoms with Crippen LogP contribution in [-0.2, 0) is 11.2 Å². The number of allylic oxidation sites excluding steroid dienone is 4. The van der Waals surface area contributed by atoms with Gasteiger partial charge in [0.2, 0.25) is 5.91 Å². The highest BCUT2D eigenvalue weighted by atomic mass is 35.5. The summed E-state index contributed by atoms with van der Waals surface area (Å²) in [5, 5.41) is 12.7. The van der Waals surface area contributed by atoms with Gasteiger partial charge >= 0.3 is 0 Å². The second-order valence-corrected chi connectivity index (χ2v) is 9.19. The van der Waals surface area contributed by atoms with Gasteiger partial charge in [0, 0.05) is 55.1 Å². The number of rotatable bonds is 10. The lowest BCUT2D eigenvalue weighted by Crippen LogP contribution is -2.46. The summed E-state index contributed by atoms with van der Waals surface area (Å²) in [6.45, 7) is 9.69. The van der Waals surface area contributed by atoms with Gasteiger partial charge in [-0.05, 0) is 69.4 Å². The van der Waals surface area contributed by atoms with Crippen LogP contribution in [0, 0.1) is 0 Å².